The lowest BCUT2D eigenvalue weighted by Crippen LogP contribution is -2.46. The van der Waals surface area contributed by atoms with Crippen molar-refractivity contribution in [3.63, 3.8) is 0 Å². The van der Waals surface area contributed by atoms with Crippen molar-refractivity contribution in [2.75, 3.05) is 31.6 Å². The molecular formula is C17H25IN4O. The van der Waals surface area contributed by atoms with Crippen LogP contribution in [0.4, 0.5) is 5.69 Å². The van der Waals surface area contributed by atoms with E-state index in [9.17, 15) is 4.79 Å². The van der Waals surface area contributed by atoms with Crippen LogP contribution >= 0.6 is 24.0 Å². The van der Waals surface area contributed by atoms with E-state index in [0.29, 0.717) is 5.96 Å². The van der Waals surface area contributed by atoms with Gasteiger partial charge in [-0.25, -0.2) is 0 Å². The summed E-state index contributed by atoms with van der Waals surface area (Å²) in [4.78, 5) is 18.6. The van der Waals surface area contributed by atoms with Gasteiger partial charge in [0.05, 0.1) is 6.54 Å². The molecule has 126 valence electrons. The molecule has 0 spiro atoms. The molecule has 1 amide bonds. The fourth-order valence-corrected chi connectivity index (χ4v) is 2.83. The summed E-state index contributed by atoms with van der Waals surface area (Å²) < 4.78 is 0. The number of rotatable bonds is 4. The summed E-state index contributed by atoms with van der Waals surface area (Å²) in [7, 11) is 1.74. The van der Waals surface area contributed by atoms with Crippen molar-refractivity contribution in [2.24, 2.45) is 10.9 Å². The standard InChI is InChI=1S/C17H24N4O.HI/c1-18-17(19-11-13-8-9-13)20-12-16(22)21-10-4-6-14-5-2-3-7-15(14)21;/h2-3,5,7,13H,4,6,8-12H2,1H3,(H2,18,19,20);1H. The average Bonchev–Trinajstić information content (AvgIpc) is 3.38. The Morgan fingerprint density at radius 3 is 2.83 bits per heavy atom. The van der Waals surface area contributed by atoms with Gasteiger partial charge in [0, 0.05) is 25.8 Å². The highest BCUT2D eigenvalue weighted by Crippen LogP contribution is 2.27. The van der Waals surface area contributed by atoms with Gasteiger partial charge in [-0.15, -0.1) is 24.0 Å². The van der Waals surface area contributed by atoms with Crippen LogP contribution in [0.2, 0.25) is 0 Å². The number of aryl methyl sites for hydroxylation is 1. The molecule has 1 aliphatic carbocycles. The Labute approximate surface area is 154 Å². The second-order valence-corrected chi connectivity index (χ2v) is 6.03. The lowest BCUT2D eigenvalue weighted by Gasteiger charge is -2.29. The van der Waals surface area contributed by atoms with E-state index < -0.39 is 0 Å². The number of para-hydroxylation sites is 1. The van der Waals surface area contributed by atoms with Crippen LogP contribution in [0.5, 0.6) is 0 Å². The number of benzene rings is 1. The normalized spacial score (nSPS) is 17.1. The van der Waals surface area contributed by atoms with Crippen molar-refractivity contribution in [2.45, 2.75) is 25.7 Å². The van der Waals surface area contributed by atoms with Crippen LogP contribution in [0.1, 0.15) is 24.8 Å². The SMILES string of the molecule is CN=C(NCC(=O)N1CCCc2ccccc21)NCC1CC1.I. The molecule has 2 aliphatic rings. The summed E-state index contributed by atoms with van der Waals surface area (Å²) in [5.74, 6) is 1.59. The highest BCUT2D eigenvalue weighted by atomic mass is 127. The van der Waals surface area contributed by atoms with Crippen LogP contribution in [0.15, 0.2) is 29.3 Å². The summed E-state index contributed by atoms with van der Waals surface area (Å²) in [5, 5.41) is 6.41. The van der Waals surface area contributed by atoms with E-state index in [-0.39, 0.29) is 36.4 Å². The third-order valence-electron chi connectivity index (χ3n) is 4.30. The second kappa shape index (κ2) is 8.52. The number of hydrogen-bond donors (Lipinski definition) is 2. The van der Waals surface area contributed by atoms with Crippen molar-refractivity contribution in [1.29, 1.82) is 0 Å². The fraction of sp³-hybridized carbons (Fsp3) is 0.529. The van der Waals surface area contributed by atoms with Crippen molar-refractivity contribution in [3.05, 3.63) is 29.8 Å². The molecule has 1 saturated carbocycles. The summed E-state index contributed by atoms with van der Waals surface area (Å²) in [5.41, 5.74) is 2.32. The van der Waals surface area contributed by atoms with E-state index >= 15 is 0 Å². The zero-order valence-corrected chi connectivity index (χ0v) is 15.9. The molecule has 2 N–H and O–H groups in total. The van der Waals surface area contributed by atoms with Crippen LogP contribution in [0.25, 0.3) is 0 Å². The van der Waals surface area contributed by atoms with Crippen LogP contribution in [-0.2, 0) is 11.2 Å². The van der Waals surface area contributed by atoms with Gasteiger partial charge in [-0.2, -0.15) is 0 Å². The first-order valence-electron chi connectivity index (χ1n) is 8.10. The van der Waals surface area contributed by atoms with Crippen molar-refractivity contribution in [3.8, 4) is 0 Å². The molecule has 0 bridgehead atoms. The number of carbonyl (C=O) groups is 1. The van der Waals surface area contributed by atoms with E-state index in [4.69, 9.17) is 0 Å². The molecule has 1 aromatic carbocycles. The molecule has 1 heterocycles. The topological polar surface area (TPSA) is 56.7 Å². The molecular weight excluding hydrogens is 403 g/mol. The highest BCUT2D eigenvalue weighted by molar-refractivity contribution is 14.0. The number of halogens is 1. The Bertz CT molecular complexity index is 571. The molecule has 0 saturated heterocycles. The minimum atomic E-state index is 0. The summed E-state index contributed by atoms with van der Waals surface area (Å²) in [6.07, 6.45) is 4.68. The maximum Gasteiger partial charge on any atom is 0.246 e. The van der Waals surface area contributed by atoms with Gasteiger partial charge in [0.25, 0.3) is 0 Å². The van der Waals surface area contributed by atoms with Crippen LogP contribution in [0.3, 0.4) is 0 Å². The first-order valence-corrected chi connectivity index (χ1v) is 8.10. The third-order valence-corrected chi connectivity index (χ3v) is 4.30. The van der Waals surface area contributed by atoms with Crippen LogP contribution < -0.4 is 15.5 Å². The number of aliphatic imine (C=N–C) groups is 1. The number of nitrogens with one attached hydrogen (secondary N) is 2. The predicted molar refractivity (Wildman–Crippen MR) is 105 cm³/mol. The zero-order chi connectivity index (χ0) is 15.4. The largest absolute Gasteiger partial charge is 0.356 e. The minimum Gasteiger partial charge on any atom is -0.356 e. The Kier molecular flexibility index (Phi) is 6.68. The molecule has 23 heavy (non-hydrogen) atoms. The van der Waals surface area contributed by atoms with Gasteiger partial charge in [0.2, 0.25) is 5.91 Å². The number of amides is 1. The van der Waals surface area contributed by atoms with Gasteiger partial charge in [-0.1, -0.05) is 18.2 Å². The molecule has 0 radical (unpaired) electrons. The molecule has 5 nitrogen and oxygen atoms in total. The van der Waals surface area contributed by atoms with Gasteiger partial charge in [0.15, 0.2) is 5.96 Å². The lowest BCUT2D eigenvalue weighted by molar-refractivity contribution is -0.117. The first kappa shape index (κ1) is 18.0. The number of fused-ring (bicyclic) bond motifs is 1. The highest BCUT2D eigenvalue weighted by Gasteiger charge is 2.23. The number of anilines is 1. The zero-order valence-electron chi connectivity index (χ0n) is 13.5. The molecule has 0 aromatic heterocycles. The monoisotopic (exact) mass is 428 g/mol. The molecule has 1 fully saturated rings. The number of guanidine groups is 1. The van der Waals surface area contributed by atoms with E-state index in [1.807, 2.05) is 23.1 Å². The van der Waals surface area contributed by atoms with E-state index in [2.05, 4.69) is 21.7 Å². The van der Waals surface area contributed by atoms with E-state index in [0.717, 1.165) is 37.5 Å². The predicted octanol–water partition coefficient (Wildman–Crippen LogP) is 2.16. The van der Waals surface area contributed by atoms with Gasteiger partial charge in [-0.3, -0.25) is 9.79 Å². The average molecular weight is 428 g/mol. The smallest absolute Gasteiger partial charge is 0.246 e. The molecule has 3 rings (SSSR count). The Balaban J connectivity index is 0.00000192. The molecule has 0 atom stereocenters. The maximum absolute atomic E-state index is 12.5. The van der Waals surface area contributed by atoms with Gasteiger partial charge >= 0.3 is 0 Å². The quantitative estimate of drug-likeness (QED) is 0.439. The number of hydrogen-bond acceptors (Lipinski definition) is 2. The van der Waals surface area contributed by atoms with E-state index in [1.54, 1.807) is 7.05 Å². The minimum absolute atomic E-state index is 0. The number of carbonyl (C=O) groups excluding carboxylic acids is 1. The maximum atomic E-state index is 12.5. The Hall–Kier alpha value is -1.31. The third kappa shape index (κ3) is 4.83. The molecule has 6 heteroatoms. The summed E-state index contributed by atoms with van der Waals surface area (Å²) >= 11 is 0. The number of nitrogens with zero attached hydrogens (tertiary/aromatic N) is 2. The van der Waals surface area contributed by atoms with Crippen molar-refractivity contribution in [1.82, 2.24) is 10.6 Å². The summed E-state index contributed by atoms with van der Waals surface area (Å²) in [6.45, 7) is 2.02. The first-order chi connectivity index (χ1) is 10.8. The molecule has 0 unspecified atom stereocenters. The lowest BCUT2D eigenvalue weighted by atomic mass is 10.0. The van der Waals surface area contributed by atoms with Crippen LogP contribution in [-0.4, -0.2) is 38.5 Å². The van der Waals surface area contributed by atoms with Gasteiger partial charge < -0.3 is 15.5 Å². The second-order valence-electron chi connectivity index (χ2n) is 6.03. The van der Waals surface area contributed by atoms with Crippen molar-refractivity contribution >= 4 is 41.5 Å². The van der Waals surface area contributed by atoms with Gasteiger partial charge in [-0.05, 0) is 43.2 Å². The van der Waals surface area contributed by atoms with Crippen LogP contribution in [0, 0.1) is 5.92 Å². The fourth-order valence-electron chi connectivity index (χ4n) is 2.83. The van der Waals surface area contributed by atoms with Crippen molar-refractivity contribution < 1.29 is 4.79 Å². The Morgan fingerprint density at radius 1 is 1.30 bits per heavy atom. The van der Waals surface area contributed by atoms with E-state index in [1.165, 1.54) is 18.4 Å². The molecule has 1 aromatic rings. The molecule has 1 aliphatic heterocycles. The van der Waals surface area contributed by atoms with Gasteiger partial charge in [0.1, 0.15) is 0 Å². The Morgan fingerprint density at radius 2 is 2.09 bits per heavy atom. The summed E-state index contributed by atoms with van der Waals surface area (Å²) in [6, 6.07) is 8.17.